The number of aliphatic imine (C=N–C) groups is 1. The maximum atomic E-state index is 4.76. The number of likely N-dealkylation sites (N-methyl/N-ethyl adjacent to an activating group) is 1. The Kier molecular flexibility index (Phi) is 7.76. The summed E-state index contributed by atoms with van der Waals surface area (Å²) >= 11 is 1.86. The van der Waals surface area contributed by atoms with E-state index in [9.17, 15) is 0 Å². The standard InChI is InChI=1S/C18H35N7S/c1-7-25-10-8-9-15(25)11-19-17(21-13-18(3,4)26-6)20-12-16-23-22-14(2)24(16)5/h15H,7-13H2,1-6H3,(H2,19,20,21). The molecular weight excluding hydrogens is 346 g/mol. The summed E-state index contributed by atoms with van der Waals surface area (Å²) in [6.07, 6.45) is 4.69. The zero-order chi connectivity index (χ0) is 19.2. The topological polar surface area (TPSA) is 70.4 Å². The molecule has 2 heterocycles. The number of nitrogens with zero attached hydrogens (tertiary/aromatic N) is 5. The summed E-state index contributed by atoms with van der Waals surface area (Å²) in [4.78, 5) is 7.30. The first kappa shape index (κ1) is 21.0. The smallest absolute Gasteiger partial charge is 0.191 e. The molecule has 148 valence electrons. The first-order valence-electron chi connectivity index (χ1n) is 9.52. The molecule has 1 aliphatic heterocycles. The van der Waals surface area contributed by atoms with Gasteiger partial charge in [-0.2, -0.15) is 11.8 Å². The van der Waals surface area contributed by atoms with E-state index in [2.05, 4.69) is 52.8 Å². The van der Waals surface area contributed by atoms with E-state index in [0.717, 1.165) is 37.2 Å². The molecule has 0 aliphatic carbocycles. The van der Waals surface area contributed by atoms with Crippen LogP contribution in [-0.2, 0) is 13.6 Å². The second kappa shape index (κ2) is 9.60. The summed E-state index contributed by atoms with van der Waals surface area (Å²) in [7, 11) is 1.98. The number of thioether (sulfide) groups is 1. The molecule has 26 heavy (non-hydrogen) atoms. The molecule has 1 aromatic rings. The van der Waals surface area contributed by atoms with E-state index >= 15 is 0 Å². The normalized spacial score (nSPS) is 19.2. The fourth-order valence-corrected chi connectivity index (χ4v) is 3.26. The number of likely N-dealkylation sites (tertiary alicyclic amines) is 1. The van der Waals surface area contributed by atoms with Crippen molar-refractivity contribution in [2.45, 2.75) is 57.9 Å². The van der Waals surface area contributed by atoms with Crippen LogP contribution >= 0.6 is 11.8 Å². The Morgan fingerprint density at radius 1 is 1.35 bits per heavy atom. The number of guanidine groups is 1. The number of rotatable bonds is 8. The van der Waals surface area contributed by atoms with Crippen LogP contribution in [0.25, 0.3) is 0 Å². The van der Waals surface area contributed by atoms with Crippen molar-refractivity contribution in [3.8, 4) is 0 Å². The van der Waals surface area contributed by atoms with Crippen LogP contribution in [0.4, 0.5) is 0 Å². The van der Waals surface area contributed by atoms with Crippen molar-refractivity contribution in [1.82, 2.24) is 30.3 Å². The predicted molar refractivity (Wildman–Crippen MR) is 111 cm³/mol. The van der Waals surface area contributed by atoms with Crippen LogP contribution in [0.5, 0.6) is 0 Å². The monoisotopic (exact) mass is 381 g/mol. The zero-order valence-electron chi connectivity index (χ0n) is 17.2. The molecule has 0 bridgehead atoms. The summed E-state index contributed by atoms with van der Waals surface area (Å²) in [6.45, 7) is 13.3. The van der Waals surface area contributed by atoms with Crippen molar-refractivity contribution >= 4 is 17.7 Å². The molecule has 1 aliphatic rings. The Bertz CT molecular complexity index is 596. The van der Waals surface area contributed by atoms with Gasteiger partial charge in [-0.1, -0.05) is 6.92 Å². The summed E-state index contributed by atoms with van der Waals surface area (Å²) in [5.41, 5.74) is 0. The average Bonchev–Trinajstić information content (AvgIpc) is 3.21. The van der Waals surface area contributed by atoms with Crippen LogP contribution in [-0.4, -0.2) is 68.8 Å². The maximum Gasteiger partial charge on any atom is 0.191 e. The third-order valence-electron chi connectivity index (χ3n) is 5.21. The van der Waals surface area contributed by atoms with Gasteiger partial charge in [-0.05, 0) is 53.0 Å². The van der Waals surface area contributed by atoms with Gasteiger partial charge < -0.3 is 15.2 Å². The third kappa shape index (κ3) is 5.87. The molecule has 1 aromatic heterocycles. The van der Waals surface area contributed by atoms with Gasteiger partial charge in [-0.3, -0.25) is 4.90 Å². The molecule has 1 atom stereocenters. The molecule has 0 amide bonds. The molecule has 0 aromatic carbocycles. The maximum absolute atomic E-state index is 4.76. The molecule has 2 rings (SSSR count). The highest BCUT2D eigenvalue weighted by Gasteiger charge is 2.23. The first-order valence-corrected chi connectivity index (χ1v) is 10.7. The zero-order valence-corrected chi connectivity index (χ0v) is 18.0. The van der Waals surface area contributed by atoms with Crippen molar-refractivity contribution < 1.29 is 0 Å². The van der Waals surface area contributed by atoms with Crippen molar-refractivity contribution in [2.75, 3.05) is 32.4 Å². The molecule has 0 spiro atoms. The Morgan fingerprint density at radius 3 is 2.73 bits per heavy atom. The molecule has 7 nitrogen and oxygen atoms in total. The summed E-state index contributed by atoms with van der Waals surface area (Å²) in [5, 5.41) is 15.4. The fourth-order valence-electron chi connectivity index (χ4n) is 3.04. The van der Waals surface area contributed by atoms with Gasteiger partial charge in [0.15, 0.2) is 11.8 Å². The van der Waals surface area contributed by atoms with Crippen LogP contribution in [0.1, 0.15) is 45.3 Å². The lowest BCUT2D eigenvalue weighted by Gasteiger charge is -2.26. The van der Waals surface area contributed by atoms with E-state index in [4.69, 9.17) is 4.99 Å². The third-order valence-corrected chi connectivity index (χ3v) is 6.46. The minimum Gasteiger partial charge on any atom is -0.355 e. The largest absolute Gasteiger partial charge is 0.355 e. The van der Waals surface area contributed by atoms with Gasteiger partial charge in [0, 0.05) is 30.9 Å². The highest BCUT2D eigenvalue weighted by molar-refractivity contribution is 7.99. The van der Waals surface area contributed by atoms with E-state index in [0.29, 0.717) is 12.6 Å². The Morgan fingerprint density at radius 2 is 2.12 bits per heavy atom. The second-order valence-corrected chi connectivity index (χ2v) is 9.02. The van der Waals surface area contributed by atoms with Gasteiger partial charge in [0.1, 0.15) is 12.4 Å². The average molecular weight is 382 g/mol. The van der Waals surface area contributed by atoms with Crippen LogP contribution in [0, 0.1) is 6.92 Å². The highest BCUT2D eigenvalue weighted by Crippen LogP contribution is 2.19. The first-order chi connectivity index (χ1) is 12.4. The Hall–Kier alpha value is -1.28. The summed E-state index contributed by atoms with van der Waals surface area (Å²) < 4.78 is 2.15. The van der Waals surface area contributed by atoms with Gasteiger partial charge in [0.2, 0.25) is 0 Å². The quantitative estimate of drug-likeness (QED) is 0.528. The van der Waals surface area contributed by atoms with Crippen molar-refractivity contribution in [3.63, 3.8) is 0 Å². The van der Waals surface area contributed by atoms with E-state index in [-0.39, 0.29) is 4.75 Å². The predicted octanol–water partition coefficient (Wildman–Crippen LogP) is 1.78. The van der Waals surface area contributed by atoms with Crippen molar-refractivity contribution in [1.29, 1.82) is 0 Å². The lowest BCUT2D eigenvalue weighted by atomic mass is 10.2. The van der Waals surface area contributed by atoms with Crippen molar-refractivity contribution in [3.05, 3.63) is 11.6 Å². The molecule has 1 fully saturated rings. The van der Waals surface area contributed by atoms with E-state index in [1.54, 1.807) is 0 Å². The molecular formula is C18H35N7S. The van der Waals surface area contributed by atoms with Gasteiger partial charge in [0.25, 0.3) is 0 Å². The van der Waals surface area contributed by atoms with Crippen LogP contribution in [0.2, 0.25) is 0 Å². The SMILES string of the molecule is CCN1CCCC1CNC(=NCc1nnc(C)n1C)NCC(C)(C)SC. The number of hydrogen-bond donors (Lipinski definition) is 2. The Labute approximate surface area is 162 Å². The van der Waals surface area contributed by atoms with E-state index < -0.39 is 0 Å². The van der Waals surface area contributed by atoms with Gasteiger partial charge in [-0.15, -0.1) is 10.2 Å². The lowest BCUT2D eigenvalue weighted by Crippen LogP contribution is -2.47. The van der Waals surface area contributed by atoms with E-state index in [1.165, 1.54) is 19.4 Å². The van der Waals surface area contributed by atoms with Gasteiger partial charge in [-0.25, -0.2) is 4.99 Å². The summed E-state index contributed by atoms with van der Waals surface area (Å²) in [6, 6.07) is 0.595. The van der Waals surface area contributed by atoms with Crippen LogP contribution in [0.15, 0.2) is 4.99 Å². The molecule has 1 saturated heterocycles. The number of aromatic nitrogens is 3. The van der Waals surface area contributed by atoms with Crippen LogP contribution in [0.3, 0.4) is 0 Å². The highest BCUT2D eigenvalue weighted by atomic mass is 32.2. The molecule has 0 saturated carbocycles. The Balaban J connectivity index is 2.00. The lowest BCUT2D eigenvalue weighted by molar-refractivity contribution is 0.267. The number of hydrogen-bond acceptors (Lipinski definition) is 5. The van der Waals surface area contributed by atoms with Gasteiger partial charge in [0.05, 0.1) is 0 Å². The van der Waals surface area contributed by atoms with E-state index in [1.807, 2.05) is 30.3 Å². The molecule has 1 unspecified atom stereocenters. The number of nitrogens with one attached hydrogen (secondary N) is 2. The van der Waals surface area contributed by atoms with Gasteiger partial charge >= 0.3 is 0 Å². The minimum atomic E-state index is 0.159. The molecule has 0 radical (unpaired) electrons. The fraction of sp³-hybridized carbons (Fsp3) is 0.833. The second-order valence-electron chi connectivity index (χ2n) is 7.51. The minimum absolute atomic E-state index is 0.159. The summed E-state index contributed by atoms with van der Waals surface area (Å²) in [5.74, 6) is 2.64. The number of aryl methyl sites for hydroxylation is 1. The van der Waals surface area contributed by atoms with Crippen LogP contribution < -0.4 is 10.6 Å². The molecule has 2 N–H and O–H groups in total. The van der Waals surface area contributed by atoms with Crippen molar-refractivity contribution in [2.24, 2.45) is 12.0 Å². The molecule has 8 heteroatoms.